The fraction of sp³-hybridized carbons (Fsp3) is 0.357. The van der Waals surface area contributed by atoms with Crippen LogP contribution in [0.1, 0.15) is 11.5 Å². The predicted molar refractivity (Wildman–Crippen MR) is 89.8 cm³/mol. The molecule has 1 aromatic heterocycles. The van der Waals surface area contributed by atoms with Gasteiger partial charge in [-0.15, -0.1) is 0 Å². The maximum absolute atomic E-state index is 12.3. The predicted octanol–water partition coefficient (Wildman–Crippen LogP) is 1.04. The van der Waals surface area contributed by atoms with Crippen molar-refractivity contribution in [2.24, 2.45) is 0 Å². The largest absolute Gasteiger partial charge is 0.360 e. The standard InChI is InChI=1S/C14H19N3O5S2/c1-11-14(12(2)22-16-11)24(20,21)15-9-10-17(23(3,18)19)13-7-5-4-6-8-13/h4-8,15H,9-10H2,1-3H3. The molecule has 8 nitrogen and oxygen atoms in total. The zero-order valence-electron chi connectivity index (χ0n) is 13.6. The van der Waals surface area contributed by atoms with E-state index in [-0.39, 0.29) is 29.4 Å². The number of sulfonamides is 2. The third-order valence-electron chi connectivity index (χ3n) is 3.29. The highest BCUT2D eigenvalue weighted by atomic mass is 32.2. The number of nitrogens with zero attached hydrogens (tertiary/aromatic N) is 2. The summed E-state index contributed by atoms with van der Waals surface area (Å²) >= 11 is 0. The number of hydrogen-bond donors (Lipinski definition) is 1. The van der Waals surface area contributed by atoms with E-state index in [9.17, 15) is 16.8 Å². The molecular formula is C14H19N3O5S2. The molecule has 0 aliphatic carbocycles. The van der Waals surface area contributed by atoms with Gasteiger partial charge >= 0.3 is 0 Å². The molecule has 0 atom stereocenters. The van der Waals surface area contributed by atoms with Crippen LogP contribution in [0.15, 0.2) is 39.8 Å². The van der Waals surface area contributed by atoms with E-state index in [0.717, 1.165) is 10.6 Å². The van der Waals surface area contributed by atoms with Crippen LogP contribution >= 0.6 is 0 Å². The quantitative estimate of drug-likeness (QED) is 0.776. The van der Waals surface area contributed by atoms with Crippen LogP contribution < -0.4 is 9.03 Å². The Kier molecular flexibility index (Phi) is 5.31. The van der Waals surface area contributed by atoms with Crippen LogP contribution in [0.2, 0.25) is 0 Å². The van der Waals surface area contributed by atoms with E-state index in [1.807, 2.05) is 0 Å². The molecule has 1 N–H and O–H groups in total. The lowest BCUT2D eigenvalue weighted by Crippen LogP contribution is -2.38. The molecule has 0 spiro atoms. The molecule has 24 heavy (non-hydrogen) atoms. The van der Waals surface area contributed by atoms with Gasteiger partial charge in [0.2, 0.25) is 20.0 Å². The van der Waals surface area contributed by atoms with E-state index < -0.39 is 20.0 Å². The van der Waals surface area contributed by atoms with Gasteiger partial charge in [-0.3, -0.25) is 4.31 Å². The second-order valence-electron chi connectivity index (χ2n) is 5.22. The number of hydrogen-bond acceptors (Lipinski definition) is 6. The number of anilines is 1. The molecular weight excluding hydrogens is 354 g/mol. The smallest absolute Gasteiger partial charge is 0.246 e. The summed E-state index contributed by atoms with van der Waals surface area (Å²) < 4.78 is 56.9. The number of benzene rings is 1. The molecule has 0 saturated heterocycles. The summed E-state index contributed by atoms with van der Waals surface area (Å²) in [6.45, 7) is 2.90. The number of nitrogens with one attached hydrogen (secondary N) is 1. The van der Waals surface area contributed by atoms with Crippen LogP contribution in [0, 0.1) is 13.8 Å². The maximum Gasteiger partial charge on any atom is 0.246 e. The van der Waals surface area contributed by atoms with Crippen LogP contribution in [-0.4, -0.2) is 41.3 Å². The fourth-order valence-corrected chi connectivity index (χ4v) is 4.57. The first-order chi connectivity index (χ1) is 11.1. The van der Waals surface area contributed by atoms with Crippen molar-refractivity contribution in [3.8, 4) is 0 Å². The molecule has 132 valence electrons. The molecule has 0 amide bonds. The fourth-order valence-electron chi connectivity index (χ4n) is 2.29. The minimum atomic E-state index is -3.83. The average Bonchev–Trinajstić information content (AvgIpc) is 2.83. The number of aromatic nitrogens is 1. The molecule has 0 unspecified atom stereocenters. The third-order valence-corrected chi connectivity index (χ3v) is 6.19. The van der Waals surface area contributed by atoms with E-state index in [4.69, 9.17) is 4.52 Å². The van der Waals surface area contributed by atoms with Crippen LogP contribution in [0.3, 0.4) is 0 Å². The summed E-state index contributed by atoms with van der Waals surface area (Å²) in [6.07, 6.45) is 1.07. The highest BCUT2D eigenvalue weighted by Gasteiger charge is 2.25. The lowest BCUT2D eigenvalue weighted by molar-refractivity contribution is 0.390. The van der Waals surface area contributed by atoms with Gasteiger partial charge in [-0.05, 0) is 26.0 Å². The second-order valence-corrected chi connectivity index (χ2v) is 8.83. The number of para-hydroxylation sites is 1. The molecule has 0 saturated carbocycles. The summed E-state index contributed by atoms with van der Waals surface area (Å²) in [4.78, 5) is -0.0203. The summed E-state index contributed by atoms with van der Waals surface area (Å²) in [5, 5.41) is 3.61. The monoisotopic (exact) mass is 373 g/mol. The summed E-state index contributed by atoms with van der Waals surface area (Å²) in [5.74, 6) is 0.183. The van der Waals surface area contributed by atoms with Gasteiger partial charge in [0, 0.05) is 13.1 Å². The van der Waals surface area contributed by atoms with Crippen molar-refractivity contribution >= 4 is 25.7 Å². The van der Waals surface area contributed by atoms with Gasteiger partial charge in [0.15, 0.2) is 5.76 Å². The van der Waals surface area contributed by atoms with Crippen LogP contribution in [0.4, 0.5) is 5.69 Å². The van der Waals surface area contributed by atoms with Crippen LogP contribution in [-0.2, 0) is 20.0 Å². The van der Waals surface area contributed by atoms with Crippen molar-refractivity contribution in [1.82, 2.24) is 9.88 Å². The van der Waals surface area contributed by atoms with Crippen molar-refractivity contribution in [3.05, 3.63) is 41.8 Å². The Bertz CT molecular complexity index is 886. The third kappa shape index (κ3) is 4.13. The van der Waals surface area contributed by atoms with Crippen molar-refractivity contribution in [1.29, 1.82) is 0 Å². The van der Waals surface area contributed by atoms with Gasteiger partial charge in [-0.25, -0.2) is 21.6 Å². The van der Waals surface area contributed by atoms with E-state index in [2.05, 4.69) is 9.88 Å². The van der Waals surface area contributed by atoms with Gasteiger partial charge < -0.3 is 4.52 Å². The van der Waals surface area contributed by atoms with Gasteiger partial charge in [0.05, 0.1) is 11.9 Å². The van der Waals surface area contributed by atoms with Gasteiger partial charge in [-0.1, -0.05) is 23.4 Å². The molecule has 0 fully saturated rings. The van der Waals surface area contributed by atoms with Gasteiger partial charge in [-0.2, -0.15) is 0 Å². The normalized spacial score (nSPS) is 12.3. The Hall–Kier alpha value is -1.91. The first kappa shape index (κ1) is 18.4. The van der Waals surface area contributed by atoms with E-state index >= 15 is 0 Å². The Morgan fingerprint density at radius 2 is 1.75 bits per heavy atom. The first-order valence-corrected chi connectivity index (χ1v) is 10.4. The van der Waals surface area contributed by atoms with Crippen molar-refractivity contribution in [2.45, 2.75) is 18.7 Å². The second kappa shape index (κ2) is 6.91. The molecule has 2 rings (SSSR count). The van der Waals surface area contributed by atoms with E-state index in [0.29, 0.717) is 5.69 Å². The average molecular weight is 373 g/mol. The summed E-state index contributed by atoms with van der Waals surface area (Å²) in [5.41, 5.74) is 0.722. The molecule has 1 aromatic carbocycles. The van der Waals surface area contributed by atoms with Crippen molar-refractivity contribution in [2.75, 3.05) is 23.7 Å². The molecule has 1 heterocycles. The Balaban J connectivity index is 2.14. The Morgan fingerprint density at radius 3 is 2.25 bits per heavy atom. The first-order valence-electron chi connectivity index (χ1n) is 7.08. The Morgan fingerprint density at radius 1 is 1.12 bits per heavy atom. The maximum atomic E-state index is 12.3. The zero-order valence-corrected chi connectivity index (χ0v) is 15.2. The highest BCUT2D eigenvalue weighted by Crippen LogP contribution is 2.19. The number of rotatable bonds is 7. The minimum Gasteiger partial charge on any atom is -0.360 e. The van der Waals surface area contributed by atoms with Crippen LogP contribution in [0.25, 0.3) is 0 Å². The van der Waals surface area contributed by atoms with Crippen LogP contribution in [0.5, 0.6) is 0 Å². The SMILES string of the molecule is Cc1noc(C)c1S(=O)(=O)NCCN(c1ccccc1)S(C)(=O)=O. The molecule has 2 aromatic rings. The van der Waals surface area contributed by atoms with Gasteiger partial charge in [0.1, 0.15) is 10.6 Å². The molecule has 0 bridgehead atoms. The molecule has 0 aliphatic rings. The van der Waals surface area contributed by atoms with Crippen molar-refractivity contribution in [3.63, 3.8) is 0 Å². The number of aryl methyl sites for hydroxylation is 2. The Labute approximate surface area is 141 Å². The van der Waals surface area contributed by atoms with Crippen molar-refractivity contribution < 1.29 is 21.4 Å². The van der Waals surface area contributed by atoms with Gasteiger partial charge in [0.25, 0.3) is 0 Å². The van der Waals surface area contributed by atoms with E-state index in [1.165, 1.54) is 13.8 Å². The molecule has 0 aliphatic heterocycles. The lowest BCUT2D eigenvalue weighted by Gasteiger charge is -2.22. The summed E-state index contributed by atoms with van der Waals surface area (Å²) in [7, 11) is -7.37. The molecule has 0 radical (unpaired) electrons. The van der Waals surface area contributed by atoms with E-state index in [1.54, 1.807) is 30.3 Å². The zero-order chi connectivity index (χ0) is 18.0. The summed E-state index contributed by atoms with van der Waals surface area (Å²) in [6, 6.07) is 8.47. The lowest BCUT2D eigenvalue weighted by atomic mass is 10.3. The highest BCUT2D eigenvalue weighted by molar-refractivity contribution is 7.92. The minimum absolute atomic E-state index is 0.0203. The molecule has 10 heteroatoms. The topological polar surface area (TPSA) is 110 Å².